The van der Waals surface area contributed by atoms with Gasteiger partial charge in [-0.15, -0.1) is 0 Å². The fourth-order valence-electron chi connectivity index (χ4n) is 3.26. The summed E-state index contributed by atoms with van der Waals surface area (Å²) >= 11 is 5.85. The van der Waals surface area contributed by atoms with E-state index in [0.717, 1.165) is 18.4 Å². The van der Waals surface area contributed by atoms with Gasteiger partial charge >= 0.3 is 0 Å². The molecule has 2 fully saturated rings. The van der Waals surface area contributed by atoms with Gasteiger partial charge in [0.25, 0.3) is 0 Å². The van der Waals surface area contributed by atoms with E-state index in [1.165, 1.54) is 0 Å². The largest absolute Gasteiger partial charge is 0.373 e. The van der Waals surface area contributed by atoms with E-state index in [1.807, 2.05) is 24.3 Å². The van der Waals surface area contributed by atoms with E-state index in [-0.39, 0.29) is 29.6 Å². The van der Waals surface area contributed by atoms with Crippen LogP contribution in [0.25, 0.3) is 0 Å². The zero-order valence-corrected chi connectivity index (χ0v) is 14.4. The third-order valence-electron chi connectivity index (χ3n) is 4.43. The summed E-state index contributed by atoms with van der Waals surface area (Å²) in [6, 6.07) is 7.29. The van der Waals surface area contributed by atoms with Gasteiger partial charge in [-0.2, -0.15) is 0 Å². The number of sulfone groups is 1. The molecule has 3 rings (SSSR count). The van der Waals surface area contributed by atoms with E-state index >= 15 is 0 Å². The Balaban J connectivity index is 1.54. The third-order valence-corrected chi connectivity index (χ3v) is 6.36. The number of hydrogen-bond acceptors (Lipinski definition) is 4. The Bertz CT molecular complexity index is 674. The van der Waals surface area contributed by atoms with Crippen LogP contribution in [-0.2, 0) is 25.8 Å². The van der Waals surface area contributed by atoms with Gasteiger partial charge in [-0.3, -0.25) is 4.79 Å². The van der Waals surface area contributed by atoms with Gasteiger partial charge in [-0.05, 0) is 30.5 Å². The maximum atomic E-state index is 12.5. The second kappa shape index (κ2) is 6.79. The number of carbonyl (C=O) groups excluding carboxylic acids is 1. The number of amides is 1. The van der Waals surface area contributed by atoms with Crippen LogP contribution in [0.15, 0.2) is 24.3 Å². The Hall–Kier alpha value is -1.11. The van der Waals surface area contributed by atoms with Crippen molar-refractivity contribution >= 4 is 27.3 Å². The van der Waals surface area contributed by atoms with E-state index in [9.17, 15) is 13.2 Å². The molecule has 0 saturated carbocycles. The fourth-order valence-corrected chi connectivity index (χ4v) is 5.26. The van der Waals surface area contributed by atoms with Crippen LogP contribution < -0.4 is 0 Å². The van der Waals surface area contributed by atoms with Crippen LogP contribution in [0.1, 0.15) is 18.4 Å². The molecule has 0 radical (unpaired) electrons. The summed E-state index contributed by atoms with van der Waals surface area (Å²) in [6.45, 7) is 0.899. The number of ether oxygens (including phenoxy) is 1. The molecule has 1 aromatic carbocycles. The van der Waals surface area contributed by atoms with Gasteiger partial charge in [0.2, 0.25) is 5.91 Å². The Kier molecular flexibility index (Phi) is 4.94. The number of rotatable bonds is 4. The molecule has 2 aliphatic heterocycles. The summed E-state index contributed by atoms with van der Waals surface area (Å²) in [5, 5.41) is 0.701. The maximum absolute atomic E-state index is 12.5. The van der Waals surface area contributed by atoms with Crippen molar-refractivity contribution < 1.29 is 17.9 Å². The lowest BCUT2D eigenvalue weighted by Gasteiger charge is -2.36. The Morgan fingerprint density at radius 3 is 2.74 bits per heavy atom. The molecule has 0 bridgehead atoms. The summed E-state index contributed by atoms with van der Waals surface area (Å²) in [6.07, 6.45) is 1.61. The molecule has 2 atom stereocenters. The minimum atomic E-state index is -3.09. The van der Waals surface area contributed by atoms with E-state index in [2.05, 4.69) is 0 Å². The normalized spacial score (nSPS) is 26.0. The third kappa shape index (κ3) is 4.05. The second-order valence-corrected chi connectivity index (χ2v) is 8.71. The minimum Gasteiger partial charge on any atom is -0.373 e. The highest BCUT2D eigenvalue weighted by atomic mass is 35.5. The van der Waals surface area contributed by atoms with Crippen molar-refractivity contribution in [2.75, 3.05) is 24.7 Å². The molecule has 2 saturated heterocycles. The molecule has 2 aliphatic rings. The van der Waals surface area contributed by atoms with Crippen LogP contribution in [0.5, 0.6) is 0 Å². The number of halogens is 1. The quantitative estimate of drug-likeness (QED) is 0.822. The molecule has 0 aromatic heterocycles. The van der Waals surface area contributed by atoms with Gasteiger partial charge < -0.3 is 9.64 Å². The number of morpholine rings is 1. The highest BCUT2D eigenvalue weighted by molar-refractivity contribution is 7.91. The zero-order chi connectivity index (χ0) is 16.4. The van der Waals surface area contributed by atoms with Gasteiger partial charge in [-0.1, -0.05) is 23.7 Å². The molecular weight excluding hydrogens is 338 g/mol. The van der Waals surface area contributed by atoms with Crippen LogP contribution >= 0.6 is 11.6 Å². The lowest BCUT2D eigenvalue weighted by molar-refractivity contribution is -0.142. The first-order chi connectivity index (χ1) is 10.9. The molecule has 0 aliphatic carbocycles. The van der Waals surface area contributed by atoms with Crippen LogP contribution in [0.4, 0.5) is 0 Å². The first-order valence-electron chi connectivity index (χ1n) is 7.80. The lowest BCUT2D eigenvalue weighted by atomic mass is 10.1. The predicted molar refractivity (Wildman–Crippen MR) is 88.3 cm³/mol. The number of benzene rings is 1. The number of fused-ring (bicyclic) bond motifs is 1. The van der Waals surface area contributed by atoms with E-state index in [1.54, 1.807) is 4.90 Å². The molecule has 0 spiro atoms. The van der Waals surface area contributed by atoms with Crippen LogP contribution in [0.3, 0.4) is 0 Å². The first-order valence-corrected chi connectivity index (χ1v) is 10.0. The standard InChI is InChI=1S/C16H20ClNO4S/c17-13-6-4-12(5-7-13)2-1-3-16(19)18-8-9-22-15-11-23(20,21)10-14(15)18/h4-7,14-15H,1-3,8-11H2. The highest BCUT2D eigenvalue weighted by Gasteiger charge is 2.45. The number of hydrogen-bond donors (Lipinski definition) is 0. The Labute approximate surface area is 141 Å². The van der Waals surface area contributed by atoms with Gasteiger partial charge in [0.05, 0.1) is 30.3 Å². The molecule has 0 N–H and O–H groups in total. The van der Waals surface area contributed by atoms with E-state index in [0.29, 0.717) is 24.6 Å². The number of nitrogens with zero attached hydrogens (tertiary/aromatic N) is 1. The lowest BCUT2D eigenvalue weighted by Crippen LogP contribution is -2.53. The summed E-state index contributed by atoms with van der Waals surface area (Å²) in [5.74, 6) is 0.0849. The summed E-state index contributed by atoms with van der Waals surface area (Å²) in [5.41, 5.74) is 1.14. The topological polar surface area (TPSA) is 63.7 Å². The first kappa shape index (κ1) is 16.7. The van der Waals surface area contributed by atoms with Crippen LogP contribution in [0, 0.1) is 0 Å². The van der Waals surface area contributed by atoms with Crippen molar-refractivity contribution in [3.63, 3.8) is 0 Å². The predicted octanol–water partition coefficient (Wildman–Crippen LogP) is 1.69. The molecule has 1 amide bonds. The average Bonchev–Trinajstić information content (AvgIpc) is 2.82. The fraction of sp³-hybridized carbons (Fsp3) is 0.562. The molecule has 2 heterocycles. The molecule has 1 aromatic rings. The number of carbonyl (C=O) groups is 1. The molecule has 5 nitrogen and oxygen atoms in total. The molecule has 23 heavy (non-hydrogen) atoms. The average molecular weight is 358 g/mol. The van der Waals surface area contributed by atoms with Gasteiger partial charge in [-0.25, -0.2) is 8.42 Å². The van der Waals surface area contributed by atoms with E-state index < -0.39 is 9.84 Å². The maximum Gasteiger partial charge on any atom is 0.223 e. The Morgan fingerprint density at radius 1 is 1.26 bits per heavy atom. The molecule has 126 valence electrons. The van der Waals surface area contributed by atoms with Gasteiger partial charge in [0, 0.05) is 18.0 Å². The molecule has 2 unspecified atom stereocenters. The summed E-state index contributed by atoms with van der Waals surface area (Å²) in [4.78, 5) is 14.2. The molecule has 7 heteroatoms. The van der Waals surface area contributed by atoms with Crippen molar-refractivity contribution in [3.05, 3.63) is 34.9 Å². The molecular formula is C16H20ClNO4S. The van der Waals surface area contributed by atoms with Gasteiger partial charge in [0.15, 0.2) is 9.84 Å². The van der Waals surface area contributed by atoms with Crippen LogP contribution in [-0.4, -0.2) is 56.0 Å². The van der Waals surface area contributed by atoms with Crippen molar-refractivity contribution in [1.82, 2.24) is 4.90 Å². The smallest absolute Gasteiger partial charge is 0.223 e. The van der Waals surface area contributed by atoms with Crippen molar-refractivity contribution in [3.8, 4) is 0 Å². The monoisotopic (exact) mass is 357 g/mol. The van der Waals surface area contributed by atoms with Crippen molar-refractivity contribution in [2.24, 2.45) is 0 Å². The van der Waals surface area contributed by atoms with E-state index in [4.69, 9.17) is 16.3 Å². The van der Waals surface area contributed by atoms with Crippen molar-refractivity contribution in [2.45, 2.75) is 31.4 Å². The van der Waals surface area contributed by atoms with Crippen molar-refractivity contribution in [1.29, 1.82) is 0 Å². The minimum absolute atomic E-state index is 0.0226. The number of aryl methyl sites for hydroxylation is 1. The second-order valence-electron chi connectivity index (χ2n) is 6.12. The zero-order valence-electron chi connectivity index (χ0n) is 12.8. The highest BCUT2D eigenvalue weighted by Crippen LogP contribution is 2.25. The summed E-state index contributed by atoms with van der Waals surface area (Å²) in [7, 11) is -3.09. The van der Waals surface area contributed by atoms with Gasteiger partial charge in [0.1, 0.15) is 0 Å². The summed E-state index contributed by atoms with van der Waals surface area (Å²) < 4.78 is 29.0. The SMILES string of the molecule is O=C(CCCc1ccc(Cl)cc1)N1CCOC2CS(=O)(=O)CC21. The Morgan fingerprint density at radius 2 is 2.00 bits per heavy atom. The van der Waals surface area contributed by atoms with Crippen LogP contribution in [0.2, 0.25) is 5.02 Å².